The Morgan fingerprint density at radius 1 is 1.04 bits per heavy atom. The summed E-state index contributed by atoms with van der Waals surface area (Å²) >= 11 is 1.49. The molecule has 3 aromatic rings. The maximum absolute atomic E-state index is 12.5. The normalized spacial score (nSPS) is 11.4. The van der Waals surface area contributed by atoms with Crippen molar-refractivity contribution >= 4 is 17.2 Å². The van der Waals surface area contributed by atoms with Crippen molar-refractivity contribution in [1.29, 1.82) is 0 Å². The Bertz CT molecular complexity index is 890. The van der Waals surface area contributed by atoms with Crippen molar-refractivity contribution in [3.8, 4) is 10.6 Å². The Kier molecular flexibility index (Phi) is 5.91. The second-order valence-corrected chi connectivity index (χ2v) is 6.84. The van der Waals surface area contributed by atoms with Crippen LogP contribution in [-0.4, -0.2) is 17.4 Å². The monoisotopic (exact) mass is 390 g/mol. The first kappa shape index (κ1) is 19.1. The van der Waals surface area contributed by atoms with Gasteiger partial charge in [-0.05, 0) is 24.1 Å². The maximum Gasteiger partial charge on any atom is 0.416 e. The zero-order valence-electron chi connectivity index (χ0n) is 14.3. The van der Waals surface area contributed by atoms with E-state index in [4.69, 9.17) is 0 Å². The first-order chi connectivity index (χ1) is 12.9. The molecule has 0 spiro atoms. The van der Waals surface area contributed by atoms with Gasteiger partial charge in [-0.2, -0.15) is 13.2 Å². The summed E-state index contributed by atoms with van der Waals surface area (Å²) in [7, 11) is 0. The number of thiazole rings is 1. The number of nitrogens with zero attached hydrogens (tertiary/aromatic N) is 1. The average molecular weight is 390 g/mol. The fourth-order valence-electron chi connectivity index (χ4n) is 2.54. The first-order valence-electron chi connectivity index (χ1n) is 8.34. The summed E-state index contributed by atoms with van der Waals surface area (Å²) in [6, 6.07) is 14.7. The molecule has 0 aliphatic carbocycles. The highest BCUT2D eigenvalue weighted by molar-refractivity contribution is 7.13. The van der Waals surface area contributed by atoms with Gasteiger partial charge in [-0.15, -0.1) is 11.3 Å². The molecule has 3 nitrogen and oxygen atoms in total. The van der Waals surface area contributed by atoms with Crippen molar-refractivity contribution in [2.45, 2.75) is 19.0 Å². The molecule has 0 radical (unpaired) electrons. The summed E-state index contributed by atoms with van der Waals surface area (Å²) in [4.78, 5) is 16.5. The number of carbonyl (C=O) groups excluding carboxylic acids is 1. The van der Waals surface area contributed by atoms with Gasteiger partial charge in [0.25, 0.3) is 0 Å². The number of amides is 1. The molecular formula is C20H17F3N2OS. The van der Waals surface area contributed by atoms with Crippen LogP contribution in [0.5, 0.6) is 0 Å². The van der Waals surface area contributed by atoms with Crippen molar-refractivity contribution in [3.63, 3.8) is 0 Å². The van der Waals surface area contributed by atoms with E-state index in [0.29, 0.717) is 18.7 Å². The van der Waals surface area contributed by atoms with Crippen LogP contribution in [0.4, 0.5) is 13.2 Å². The summed E-state index contributed by atoms with van der Waals surface area (Å²) in [5.74, 6) is -0.160. The fourth-order valence-corrected chi connectivity index (χ4v) is 3.36. The molecule has 0 atom stereocenters. The highest BCUT2D eigenvalue weighted by Crippen LogP contribution is 2.29. The Hall–Kier alpha value is -2.67. The lowest BCUT2D eigenvalue weighted by atomic mass is 10.1. The van der Waals surface area contributed by atoms with E-state index in [9.17, 15) is 18.0 Å². The van der Waals surface area contributed by atoms with E-state index in [1.807, 2.05) is 35.7 Å². The number of nitrogens with one attached hydrogen (secondary N) is 1. The van der Waals surface area contributed by atoms with Crippen molar-refractivity contribution in [2.75, 3.05) is 6.54 Å². The average Bonchev–Trinajstić information content (AvgIpc) is 3.10. The number of aromatic nitrogens is 1. The molecule has 0 bridgehead atoms. The number of carbonyl (C=O) groups is 1. The van der Waals surface area contributed by atoms with Crippen LogP contribution >= 0.6 is 11.3 Å². The molecule has 7 heteroatoms. The van der Waals surface area contributed by atoms with Gasteiger partial charge in [-0.1, -0.05) is 42.5 Å². The lowest BCUT2D eigenvalue weighted by molar-refractivity contribution is -0.137. The first-order valence-corrected chi connectivity index (χ1v) is 9.22. The van der Waals surface area contributed by atoms with Gasteiger partial charge in [0.05, 0.1) is 17.7 Å². The molecule has 0 saturated carbocycles. The SMILES string of the molecule is O=C(Cc1csc(-c2ccccc2)n1)NCCc1ccc(C(F)(F)F)cc1. The number of alkyl halides is 3. The summed E-state index contributed by atoms with van der Waals surface area (Å²) in [6.45, 7) is 0.361. The minimum Gasteiger partial charge on any atom is -0.355 e. The molecule has 2 aromatic carbocycles. The number of benzene rings is 2. The van der Waals surface area contributed by atoms with Crippen LogP contribution < -0.4 is 5.32 Å². The summed E-state index contributed by atoms with van der Waals surface area (Å²) in [6.07, 6.45) is -3.69. The summed E-state index contributed by atoms with van der Waals surface area (Å²) in [5.41, 5.74) is 1.78. The van der Waals surface area contributed by atoms with Crippen LogP contribution in [0.3, 0.4) is 0 Å². The van der Waals surface area contributed by atoms with E-state index < -0.39 is 11.7 Å². The lowest BCUT2D eigenvalue weighted by Gasteiger charge is -2.08. The van der Waals surface area contributed by atoms with Gasteiger partial charge in [-0.25, -0.2) is 4.98 Å². The molecule has 1 N–H and O–H groups in total. The second kappa shape index (κ2) is 8.35. The van der Waals surface area contributed by atoms with Gasteiger partial charge in [0, 0.05) is 17.5 Å². The van der Waals surface area contributed by atoms with Crippen LogP contribution in [0.25, 0.3) is 10.6 Å². The van der Waals surface area contributed by atoms with Crippen LogP contribution in [0.1, 0.15) is 16.8 Å². The van der Waals surface area contributed by atoms with E-state index in [1.54, 1.807) is 0 Å². The number of rotatable bonds is 6. The maximum atomic E-state index is 12.5. The molecule has 0 aliphatic heterocycles. The van der Waals surface area contributed by atoms with Gasteiger partial charge < -0.3 is 5.32 Å². The van der Waals surface area contributed by atoms with E-state index in [2.05, 4.69) is 10.3 Å². The van der Waals surface area contributed by atoms with Gasteiger partial charge in [0.15, 0.2) is 0 Å². The van der Waals surface area contributed by atoms with Gasteiger partial charge in [0.1, 0.15) is 5.01 Å². The molecular weight excluding hydrogens is 373 g/mol. The van der Waals surface area contributed by atoms with Gasteiger partial charge in [0.2, 0.25) is 5.91 Å². The second-order valence-electron chi connectivity index (χ2n) is 5.98. The molecule has 3 rings (SSSR count). The smallest absolute Gasteiger partial charge is 0.355 e. The Morgan fingerprint density at radius 2 is 1.74 bits per heavy atom. The third-order valence-corrected chi connectivity index (χ3v) is 4.87. The van der Waals surface area contributed by atoms with Crippen molar-refractivity contribution < 1.29 is 18.0 Å². The van der Waals surface area contributed by atoms with Crippen molar-refractivity contribution in [2.24, 2.45) is 0 Å². The Labute approximate surface area is 158 Å². The third kappa shape index (κ3) is 5.40. The minimum absolute atomic E-state index is 0.160. The van der Waals surface area contributed by atoms with Crippen LogP contribution in [0.2, 0.25) is 0 Å². The molecule has 140 valence electrons. The number of halogens is 3. The Morgan fingerprint density at radius 3 is 2.41 bits per heavy atom. The molecule has 1 aromatic heterocycles. The van der Waals surface area contributed by atoms with E-state index >= 15 is 0 Å². The van der Waals surface area contributed by atoms with Crippen molar-refractivity contribution in [3.05, 3.63) is 76.8 Å². The molecule has 0 aliphatic rings. The molecule has 0 fully saturated rings. The number of hydrogen-bond acceptors (Lipinski definition) is 3. The minimum atomic E-state index is -4.33. The molecule has 1 heterocycles. The van der Waals surface area contributed by atoms with Gasteiger partial charge >= 0.3 is 6.18 Å². The highest BCUT2D eigenvalue weighted by atomic mass is 32.1. The van der Waals surface area contributed by atoms with Crippen LogP contribution in [0.15, 0.2) is 60.0 Å². The fraction of sp³-hybridized carbons (Fsp3) is 0.200. The largest absolute Gasteiger partial charge is 0.416 e. The lowest BCUT2D eigenvalue weighted by Crippen LogP contribution is -2.27. The molecule has 27 heavy (non-hydrogen) atoms. The quantitative estimate of drug-likeness (QED) is 0.661. The molecule has 0 unspecified atom stereocenters. The van der Waals surface area contributed by atoms with E-state index in [0.717, 1.165) is 28.3 Å². The number of hydrogen-bond donors (Lipinski definition) is 1. The van der Waals surface area contributed by atoms with E-state index in [-0.39, 0.29) is 12.3 Å². The van der Waals surface area contributed by atoms with E-state index in [1.165, 1.54) is 23.5 Å². The summed E-state index contributed by atoms with van der Waals surface area (Å²) in [5, 5.41) is 5.50. The predicted octanol–water partition coefficient (Wildman–Crippen LogP) is 4.73. The molecule has 1 amide bonds. The third-order valence-electron chi connectivity index (χ3n) is 3.93. The van der Waals surface area contributed by atoms with Crippen LogP contribution in [0, 0.1) is 0 Å². The topological polar surface area (TPSA) is 42.0 Å². The Balaban J connectivity index is 1.47. The highest BCUT2D eigenvalue weighted by Gasteiger charge is 2.29. The standard InChI is InChI=1S/C20H17F3N2OS/c21-20(22,23)16-8-6-14(7-9-16)10-11-24-18(26)12-17-13-27-19(25-17)15-4-2-1-3-5-15/h1-9,13H,10-12H2,(H,24,26). The summed E-state index contributed by atoms with van der Waals surface area (Å²) < 4.78 is 37.6. The van der Waals surface area contributed by atoms with Gasteiger partial charge in [-0.3, -0.25) is 4.79 Å². The zero-order chi connectivity index (χ0) is 19.3. The zero-order valence-corrected chi connectivity index (χ0v) is 15.1. The predicted molar refractivity (Wildman–Crippen MR) is 99.4 cm³/mol. The molecule has 0 saturated heterocycles. The van der Waals surface area contributed by atoms with Crippen LogP contribution in [-0.2, 0) is 23.8 Å². The van der Waals surface area contributed by atoms with Crippen molar-refractivity contribution in [1.82, 2.24) is 10.3 Å².